The van der Waals surface area contributed by atoms with Gasteiger partial charge in [0, 0.05) is 5.39 Å². The van der Waals surface area contributed by atoms with Gasteiger partial charge in [-0.25, -0.2) is 9.97 Å². The van der Waals surface area contributed by atoms with Crippen LogP contribution in [0.15, 0.2) is 60.9 Å². The first-order valence-corrected chi connectivity index (χ1v) is 7.30. The third kappa shape index (κ3) is 3.34. The Morgan fingerprint density at radius 2 is 1.68 bits per heavy atom. The monoisotopic (exact) mass is 293 g/mol. The van der Waals surface area contributed by atoms with E-state index in [1.54, 1.807) is 6.33 Å². The molecule has 0 fully saturated rings. The molecule has 2 aromatic carbocycles. The van der Waals surface area contributed by atoms with Crippen LogP contribution in [-0.4, -0.2) is 22.1 Å². The molecule has 0 aliphatic carbocycles. The number of rotatable bonds is 5. The summed E-state index contributed by atoms with van der Waals surface area (Å²) in [6, 6.07) is 17.8. The van der Waals surface area contributed by atoms with Crippen molar-refractivity contribution in [1.82, 2.24) is 9.97 Å². The van der Waals surface area contributed by atoms with Crippen LogP contribution in [0.2, 0.25) is 0 Å². The summed E-state index contributed by atoms with van der Waals surface area (Å²) in [7, 11) is 0. The first-order valence-electron chi connectivity index (χ1n) is 7.30. The van der Waals surface area contributed by atoms with E-state index in [9.17, 15) is 0 Å². The van der Waals surface area contributed by atoms with E-state index in [1.807, 2.05) is 54.6 Å². The molecule has 4 heteroatoms. The molecule has 0 aliphatic heterocycles. The zero-order valence-corrected chi connectivity index (χ0v) is 12.8. The summed E-state index contributed by atoms with van der Waals surface area (Å²) in [4.78, 5) is 8.65. The summed E-state index contributed by atoms with van der Waals surface area (Å²) in [5.41, 5.74) is 0.673. The molecular formula is C18H19N3O. The molecule has 1 aromatic heterocycles. The Labute approximate surface area is 130 Å². The van der Waals surface area contributed by atoms with Crippen molar-refractivity contribution in [1.29, 1.82) is 0 Å². The molecule has 0 atom stereocenters. The average molecular weight is 293 g/mol. The van der Waals surface area contributed by atoms with Gasteiger partial charge < -0.3 is 10.1 Å². The second kappa shape index (κ2) is 6.02. The number of aromatic nitrogens is 2. The van der Waals surface area contributed by atoms with E-state index in [-0.39, 0.29) is 5.54 Å². The molecule has 3 aromatic rings. The number of hydrogen-bond donors (Lipinski definition) is 1. The molecule has 0 bridgehead atoms. The van der Waals surface area contributed by atoms with Crippen molar-refractivity contribution in [3.05, 3.63) is 60.9 Å². The number of anilines is 1. The van der Waals surface area contributed by atoms with E-state index < -0.39 is 0 Å². The summed E-state index contributed by atoms with van der Waals surface area (Å²) in [6.07, 6.45) is 1.58. The Balaban J connectivity index is 1.75. The lowest BCUT2D eigenvalue weighted by Crippen LogP contribution is -2.38. The molecule has 1 N–H and O–H groups in total. The minimum absolute atomic E-state index is 0.257. The third-order valence-electron chi connectivity index (χ3n) is 3.34. The topological polar surface area (TPSA) is 47.0 Å². The number of nitrogens with zero attached hydrogens (tertiary/aromatic N) is 2. The van der Waals surface area contributed by atoms with Crippen molar-refractivity contribution in [2.24, 2.45) is 0 Å². The first-order chi connectivity index (χ1) is 10.6. The summed E-state index contributed by atoms with van der Waals surface area (Å²) in [6.45, 7) is 4.72. The number of para-hydroxylation sites is 2. The van der Waals surface area contributed by atoms with Crippen LogP contribution in [0.1, 0.15) is 13.8 Å². The predicted molar refractivity (Wildman–Crippen MR) is 89.2 cm³/mol. The summed E-state index contributed by atoms with van der Waals surface area (Å²) >= 11 is 0. The van der Waals surface area contributed by atoms with E-state index in [2.05, 4.69) is 29.1 Å². The fourth-order valence-corrected chi connectivity index (χ4v) is 2.24. The molecule has 22 heavy (non-hydrogen) atoms. The summed E-state index contributed by atoms with van der Waals surface area (Å²) in [5.74, 6) is 1.69. The van der Waals surface area contributed by atoms with Crippen LogP contribution in [-0.2, 0) is 0 Å². The molecule has 1 heterocycles. The molecule has 0 saturated carbocycles. The van der Waals surface area contributed by atoms with E-state index in [0.717, 1.165) is 22.5 Å². The molecule has 0 spiro atoms. The quantitative estimate of drug-likeness (QED) is 0.775. The van der Waals surface area contributed by atoms with Gasteiger partial charge in [0.25, 0.3) is 0 Å². The van der Waals surface area contributed by atoms with E-state index in [4.69, 9.17) is 4.74 Å². The molecule has 4 nitrogen and oxygen atoms in total. The van der Waals surface area contributed by atoms with Crippen molar-refractivity contribution < 1.29 is 4.74 Å². The number of benzene rings is 2. The van der Waals surface area contributed by atoms with Crippen molar-refractivity contribution in [2.75, 3.05) is 11.9 Å². The second-order valence-electron chi connectivity index (χ2n) is 5.85. The third-order valence-corrected chi connectivity index (χ3v) is 3.34. The SMILES string of the molecule is CC(C)(COc1ccccc1)Nc1ncnc2ccccc12. The normalized spacial score (nSPS) is 11.4. The van der Waals surface area contributed by atoms with Crippen LogP contribution >= 0.6 is 0 Å². The Kier molecular flexibility index (Phi) is 3.92. The van der Waals surface area contributed by atoms with Gasteiger partial charge in [-0.05, 0) is 38.1 Å². The van der Waals surface area contributed by atoms with Crippen LogP contribution < -0.4 is 10.1 Å². The lowest BCUT2D eigenvalue weighted by molar-refractivity contribution is 0.256. The summed E-state index contributed by atoms with van der Waals surface area (Å²) < 4.78 is 5.85. The van der Waals surface area contributed by atoms with E-state index in [0.29, 0.717) is 6.61 Å². The number of fused-ring (bicyclic) bond motifs is 1. The van der Waals surface area contributed by atoms with Crippen LogP contribution in [0.25, 0.3) is 10.9 Å². The smallest absolute Gasteiger partial charge is 0.137 e. The van der Waals surface area contributed by atoms with Crippen molar-refractivity contribution in [2.45, 2.75) is 19.4 Å². The highest BCUT2D eigenvalue weighted by molar-refractivity contribution is 5.88. The van der Waals surface area contributed by atoms with Crippen molar-refractivity contribution in [3.63, 3.8) is 0 Å². The van der Waals surface area contributed by atoms with Crippen LogP contribution in [0, 0.1) is 0 Å². The minimum Gasteiger partial charge on any atom is -0.491 e. The fraction of sp³-hybridized carbons (Fsp3) is 0.222. The lowest BCUT2D eigenvalue weighted by Gasteiger charge is -2.27. The van der Waals surface area contributed by atoms with Gasteiger partial charge >= 0.3 is 0 Å². The average Bonchev–Trinajstić information content (AvgIpc) is 2.54. The highest BCUT2D eigenvalue weighted by Gasteiger charge is 2.20. The van der Waals surface area contributed by atoms with Gasteiger partial charge in [-0.1, -0.05) is 30.3 Å². The van der Waals surface area contributed by atoms with Gasteiger partial charge in [-0.2, -0.15) is 0 Å². The van der Waals surface area contributed by atoms with Crippen molar-refractivity contribution >= 4 is 16.7 Å². The minimum atomic E-state index is -0.257. The van der Waals surface area contributed by atoms with Crippen molar-refractivity contribution in [3.8, 4) is 5.75 Å². The maximum Gasteiger partial charge on any atom is 0.137 e. The second-order valence-corrected chi connectivity index (χ2v) is 5.85. The van der Waals surface area contributed by atoms with E-state index in [1.165, 1.54) is 0 Å². The zero-order valence-electron chi connectivity index (χ0n) is 12.8. The number of ether oxygens (including phenoxy) is 1. The molecule has 0 aliphatic rings. The fourth-order valence-electron chi connectivity index (χ4n) is 2.24. The molecule has 112 valence electrons. The molecular weight excluding hydrogens is 274 g/mol. The Hall–Kier alpha value is -2.62. The molecule has 3 rings (SSSR count). The number of hydrogen-bond acceptors (Lipinski definition) is 4. The zero-order chi connectivity index (χ0) is 15.4. The maximum atomic E-state index is 5.85. The van der Waals surface area contributed by atoms with Gasteiger partial charge in [-0.15, -0.1) is 0 Å². The Morgan fingerprint density at radius 3 is 2.50 bits per heavy atom. The summed E-state index contributed by atoms with van der Waals surface area (Å²) in [5, 5.41) is 4.47. The van der Waals surface area contributed by atoms with Gasteiger partial charge in [0.2, 0.25) is 0 Å². The molecule has 0 unspecified atom stereocenters. The highest BCUT2D eigenvalue weighted by Crippen LogP contribution is 2.22. The number of nitrogens with one attached hydrogen (secondary N) is 1. The van der Waals surface area contributed by atoms with Gasteiger partial charge in [0.05, 0.1) is 11.1 Å². The Bertz CT molecular complexity index is 751. The predicted octanol–water partition coefficient (Wildman–Crippen LogP) is 3.90. The maximum absolute atomic E-state index is 5.85. The van der Waals surface area contributed by atoms with Gasteiger partial charge in [0.1, 0.15) is 24.5 Å². The Morgan fingerprint density at radius 1 is 0.955 bits per heavy atom. The molecule has 0 radical (unpaired) electrons. The van der Waals surface area contributed by atoms with E-state index >= 15 is 0 Å². The largest absolute Gasteiger partial charge is 0.491 e. The van der Waals surface area contributed by atoms with Crippen LogP contribution in [0.5, 0.6) is 5.75 Å². The standard InChI is InChI=1S/C18H19N3O/c1-18(2,12-22-14-8-4-3-5-9-14)21-17-15-10-6-7-11-16(15)19-13-20-17/h3-11,13H,12H2,1-2H3,(H,19,20,21). The van der Waals surface area contributed by atoms with Crippen LogP contribution in [0.4, 0.5) is 5.82 Å². The highest BCUT2D eigenvalue weighted by atomic mass is 16.5. The lowest BCUT2D eigenvalue weighted by atomic mass is 10.1. The molecule has 0 amide bonds. The molecule has 0 saturated heterocycles. The first kappa shape index (κ1) is 14.3. The van der Waals surface area contributed by atoms with Crippen LogP contribution in [0.3, 0.4) is 0 Å². The van der Waals surface area contributed by atoms with Gasteiger partial charge in [0.15, 0.2) is 0 Å². The van der Waals surface area contributed by atoms with Gasteiger partial charge in [-0.3, -0.25) is 0 Å².